The molecule has 0 heterocycles. The Morgan fingerprint density at radius 3 is 0.854 bits per heavy atom. The van der Waals surface area contributed by atoms with E-state index >= 15 is 0 Å². The van der Waals surface area contributed by atoms with Crippen LogP contribution in [0.3, 0.4) is 0 Å². The SMILES string of the molecule is CCCCCCCCCCCCCCCCCCCCCC[C@@H](C(=O)[O-])[C@H](O)CCCCCCCCCCCCCCCCCC1CC1C(C)CCCCCCCCCCCCCCCC[C@H](OC)[C@@H](C)CCCCCCCCCCCCCCCCCC. The van der Waals surface area contributed by atoms with E-state index in [1.165, 1.54) is 424 Å². The standard InChI is InChI=1S/C85H168O4/c1-6-8-10-12-14-16-18-20-22-24-25-26-27-31-38-44-50-56-62-68-74-81(85(87)88)83(86)75-69-63-57-51-45-39-32-28-30-37-43-49-55-61-67-73-80-77-82(80)78(3)71-65-59-53-47-41-35-33-34-40-46-52-58-64-70-76-84(89-5)79(4)72-66-60-54-48-42-36-29-23-21-19-17-15-13-11-9-7-2/h78-84,86H,6-77H2,1-5H3,(H,87,88)/p-1/t78?,79-,80?,81+,82?,83+,84-/m0/s1. The Labute approximate surface area is 561 Å². The van der Waals surface area contributed by atoms with Crippen molar-refractivity contribution in [3.8, 4) is 0 Å². The lowest BCUT2D eigenvalue weighted by Crippen LogP contribution is -2.38. The van der Waals surface area contributed by atoms with E-state index in [1.807, 2.05) is 7.11 Å². The highest BCUT2D eigenvalue weighted by molar-refractivity contribution is 5.68. The predicted molar refractivity (Wildman–Crippen MR) is 394 cm³/mol. The van der Waals surface area contributed by atoms with E-state index in [1.54, 1.807) is 0 Å². The number of ether oxygens (including phenoxy) is 1. The van der Waals surface area contributed by atoms with Gasteiger partial charge >= 0.3 is 0 Å². The molecule has 1 aliphatic rings. The van der Waals surface area contributed by atoms with Crippen LogP contribution in [0.4, 0.5) is 0 Å². The zero-order chi connectivity index (χ0) is 64.2. The third-order valence-electron chi connectivity index (χ3n) is 22.3. The molecule has 532 valence electrons. The lowest BCUT2D eigenvalue weighted by Gasteiger charge is -2.24. The first kappa shape index (κ1) is 86.4. The van der Waals surface area contributed by atoms with Crippen LogP contribution in [0.25, 0.3) is 0 Å². The van der Waals surface area contributed by atoms with Gasteiger partial charge in [-0.05, 0) is 55.8 Å². The first-order chi connectivity index (χ1) is 43.8. The van der Waals surface area contributed by atoms with Crippen molar-refractivity contribution in [2.24, 2.45) is 29.6 Å². The molecule has 0 aliphatic heterocycles. The summed E-state index contributed by atoms with van der Waals surface area (Å²) in [5.41, 5.74) is 0. The van der Waals surface area contributed by atoms with E-state index < -0.39 is 18.0 Å². The van der Waals surface area contributed by atoms with Gasteiger partial charge in [0.15, 0.2) is 0 Å². The minimum atomic E-state index is -1.05. The van der Waals surface area contributed by atoms with Crippen molar-refractivity contribution in [1.29, 1.82) is 0 Å². The summed E-state index contributed by atoms with van der Waals surface area (Å²) in [5.74, 6) is 2.05. The summed E-state index contributed by atoms with van der Waals surface area (Å²) in [6.45, 7) is 9.63. The van der Waals surface area contributed by atoms with Crippen molar-refractivity contribution in [2.45, 2.75) is 502 Å². The van der Waals surface area contributed by atoms with Crippen LogP contribution in [0, 0.1) is 29.6 Å². The Morgan fingerprint density at radius 1 is 0.337 bits per heavy atom. The highest BCUT2D eigenvalue weighted by atomic mass is 16.5. The average molecular weight is 1250 g/mol. The molecule has 89 heavy (non-hydrogen) atoms. The maximum Gasteiger partial charge on any atom is 0.0620 e. The molecule has 0 amide bonds. The third kappa shape index (κ3) is 60.8. The van der Waals surface area contributed by atoms with Gasteiger partial charge in [-0.25, -0.2) is 0 Å². The Hall–Kier alpha value is -0.610. The van der Waals surface area contributed by atoms with E-state index in [4.69, 9.17) is 4.74 Å². The first-order valence-electron chi connectivity index (χ1n) is 42.3. The molecule has 0 bridgehead atoms. The minimum Gasteiger partial charge on any atom is -0.550 e. The second kappa shape index (κ2) is 70.2. The Kier molecular flexibility index (Phi) is 68.1. The Balaban J connectivity index is 1.79. The predicted octanol–water partition coefficient (Wildman–Crippen LogP) is 28.4. The number of carbonyl (C=O) groups is 1. The van der Waals surface area contributed by atoms with Crippen molar-refractivity contribution in [3.63, 3.8) is 0 Å². The highest BCUT2D eigenvalue weighted by Gasteiger charge is 2.39. The van der Waals surface area contributed by atoms with Gasteiger partial charge in [-0.3, -0.25) is 0 Å². The van der Waals surface area contributed by atoms with Gasteiger partial charge in [0.1, 0.15) is 0 Å². The molecule has 1 N–H and O–H groups in total. The van der Waals surface area contributed by atoms with Crippen molar-refractivity contribution < 1.29 is 19.7 Å². The molecule has 4 nitrogen and oxygen atoms in total. The molecule has 0 spiro atoms. The molecule has 7 atom stereocenters. The maximum absolute atomic E-state index is 11.9. The topological polar surface area (TPSA) is 69.6 Å². The molecule has 0 aromatic heterocycles. The number of hydrogen-bond acceptors (Lipinski definition) is 4. The lowest BCUT2D eigenvalue weighted by atomic mass is 9.91. The molecule has 3 unspecified atom stereocenters. The summed E-state index contributed by atoms with van der Waals surface area (Å²) in [4.78, 5) is 11.9. The summed E-state index contributed by atoms with van der Waals surface area (Å²) in [6, 6.07) is 0. The van der Waals surface area contributed by atoms with Gasteiger partial charge in [0, 0.05) is 19.0 Å². The summed E-state index contributed by atoms with van der Waals surface area (Å²) in [6.07, 6.45) is 98.5. The minimum absolute atomic E-state index is 0.469. The van der Waals surface area contributed by atoms with E-state index in [0.717, 1.165) is 43.4 Å². The number of aliphatic carboxylic acids is 1. The average Bonchev–Trinajstić information content (AvgIpc) is 4.48. The number of carbonyl (C=O) groups excluding carboxylic acids is 1. The van der Waals surface area contributed by atoms with E-state index in [0.29, 0.717) is 24.9 Å². The van der Waals surface area contributed by atoms with Crippen LogP contribution in [0.2, 0.25) is 0 Å². The van der Waals surface area contributed by atoms with E-state index in [-0.39, 0.29) is 0 Å². The maximum atomic E-state index is 11.9. The Morgan fingerprint density at radius 2 is 0.573 bits per heavy atom. The second-order valence-corrected chi connectivity index (χ2v) is 30.9. The normalized spacial score (nSPS) is 15.9. The number of aliphatic hydroxyl groups excluding tert-OH is 1. The van der Waals surface area contributed by atoms with Crippen LogP contribution in [0.5, 0.6) is 0 Å². The zero-order valence-electron chi connectivity index (χ0n) is 62.1. The molecular weight excluding hydrogens is 1080 g/mol. The fourth-order valence-electron chi connectivity index (χ4n) is 15.6. The molecule has 1 aliphatic carbocycles. The summed E-state index contributed by atoms with van der Waals surface area (Å²) in [7, 11) is 1.96. The molecule has 1 saturated carbocycles. The molecule has 0 aromatic rings. The molecule has 0 saturated heterocycles. The van der Waals surface area contributed by atoms with Crippen LogP contribution in [0.15, 0.2) is 0 Å². The second-order valence-electron chi connectivity index (χ2n) is 30.9. The number of unbranched alkanes of at least 4 members (excludes halogenated alkanes) is 61. The van der Waals surface area contributed by atoms with Crippen LogP contribution in [-0.2, 0) is 9.53 Å². The molecule has 0 radical (unpaired) electrons. The molecule has 4 heteroatoms. The van der Waals surface area contributed by atoms with Crippen molar-refractivity contribution in [1.82, 2.24) is 0 Å². The van der Waals surface area contributed by atoms with Gasteiger partial charge in [0.2, 0.25) is 0 Å². The van der Waals surface area contributed by atoms with E-state index in [2.05, 4.69) is 27.7 Å². The molecule has 1 rings (SSSR count). The van der Waals surface area contributed by atoms with Crippen LogP contribution in [-0.4, -0.2) is 30.4 Å². The zero-order valence-corrected chi connectivity index (χ0v) is 62.1. The number of aliphatic hydroxyl groups is 1. The van der Waals surface area contributed by atoms with Crippen LogP contribution in [0.1, 0.15) is 490 Å². The number of hydrogen-bond donors (Lipinski definition) is 1. The molecule has 1 fully saturated rings. The monoisotopic (exact) mass is 1250 g/mol. The van der Waals surface area contributed by atoms with Gasteiger partial charge in [-0.15, -0.1) is 0 Å². The van der Waals surface area contributed by atoms with Gasteiger partial charge < -0.3 is 19.7 Å². The van der Waals surface area contributed by atoms with E-state index in [9.17, 15) is 15.0 Å². The molecule has 0 aromatic carbocycles. The summed E-state index contributed by atoms with van der Waals surface area (Å²) >= 11 is 0. The summed E-state index contributed by atoms with van der Waals surface area (Å²) in [5, 5.41) is 22.6. The fourth-order valence-corrected chi connectivity index (χ4v) is 15.6. The van der Waals surface area contributed by atoms with Gasteiger partial charge in [0.25, 0.3) is 0 Å². The lowest BCUT2D eigenvalue weighted by molar-refractivity contribution is -0.314. The summed E-state index contributed by atoms with van der Waals surface area (Å²) < 4.78 is 5.99. The van der Waals surface area contributed by atoms with Gasteiger partial charge in [0.05, 0.1) is 12.2 Å². The first-order valence-corrected chi connectivity index (χ1v) is 42.3. The van der Waals surface area contributed by atoms with Crippen molar-refractivity contribution in [2.75, 3.05) is 7.11 Å². The number of carboxylic acid groups (broad SMARTS) is 1. The largest absolute Gasteiger partial charge is 0.550 e. The molecular formula is C85H167O4-. The fraction of sp³-hybridized carbons (Fsp3) is 0.988. The quantitative estimate of drug-likeness (QED) is 0.0616. The highest BCUT2D eigenvalue weighted by Crippen LogP contribution is 2.49. The van der Waals surface area contributed by atoms with Crippen LogP contribution >= 0.6 is 0 Å². The van der Waals surface area contributed by atoms with Gasteiger partial charge in [-0.1, -0.05) is 458 Å². The van der Waals surface area contributed by atoms with Gasteiger partial charge in [-0.2, -0.15) is 0 Å². The van der Waals surface area contributed by atoms with Crippen molar-refractivity contribution >= 4 is 5.97 Å². The smallest absolute Gasteiger partial charge is 0.0620 e. The van der Waals surface area contributed by atoms with Crippen LogP contribution < -0.4 is 5.11 Å². The Bertz CT molecular complexity index is 1350. The van der Waals surface area contributed by atoms with Crippen molar-refractivity contribution in [3.05, 3.63) is 0 Å². The third-order valence-corrected chi connectivity index (χ3v) is 22.3. The number of rotatable bonds is 78. The number of methoxy groups -OCH3 is 1. The number of carboxylic acids is 1.